The molecule has 8 aromatic heterocycles. The first kappa shape index (κ1) is 33.3. The van der Waals surface area contributed by atoms with E-state index in [1.807, 2.05) is 83.1 Å². The van der Waals surface area contributed by atoms with Crippen LogP contribution in [0.25, 0.3) is 89.3 Å². The molecule has 8 heterocycles. The number of nitrogens with zero attached hydrogens (tertiary/aromatic N) is 10. The van der Waals surface area contributed by atoms with Crippen LogP contribution in [0.1, 0.15) is 0 Å². The minimum atomic E-state index is 0. The summed E-state index contributed by atoms with van der Waals surface area (Å²) in [5.41, 5.74) is 7.34. The first-order chi connectivity index (χ1) is 23.4. The average molecular weight is 1020 g/mol. The number of rotatable bonds is 4. The minimum Gasteiger partial charge on any atom is -0.654 e. The fraction of sp³-hybridized carbons (Fsp3) is 0.111. The number of hydrogen-bond donors (Lipinski definition) is 0. The predicted molar refractivity (Wildman–Crippen MR) is 181 cm³/mol. The van der Waals surface area contributed by atoms with Gasteiger partial charge in [-0.3, -0.25) is 0 Å². The summed E-state index contributed by atoms with van der Waals surface area (Å²) in [4.78, 5) is 27.1. The zero-order valence-electron chi connectivity index (χ0n) is 27.0. The molecule has 0 radical (unpaired) electrons. The van der Waals surface area contributed by atoms with Crippen molar-refractivity contribution in [2.45, 2.75) is 0 Å². The first-order valence-electron chi connectivity index (χ1n) is 15.1. The third-order valence-electron chi connectivity index (χ3n) is 8.51. The SMILES string of the molecule is Cn1cnc(-c2cccc3c2[n-]c2c(-c4n[c-]cn4C)occ23)c1.Cn1cnc(-c2cccc3c2[n-]c2c(-c4n[c-]cn4C)occ23)c1.[Pt+2].[Pt+2]. The maximum absolute atomic E-state index is 5.75. The number of para-hydroxylation sites is 2. The standard InChI is InChI=1S/2C18H13N5O.2Pt/c2*1-22-8-14(20-10-22)12-5-3-4-11-13-9-24-17(16(13)21-15(11)12)18-19-6-7-23(18)2;;/h2*3-5,7-10H,1-2H3;;/q2*-2;2*+2. The summed E-state index contributed by atoms with van der Waals surface area (Å²) in [6.07, 6.45) is 20.3. The van der Waals surface area contributed by atoms with Gasteiger partial charge >= 0.3 is 42.1 Å². The number of furan rings is 2. The van der Waals surface area contributed by atoms with Gasteiger partial charge in [0.05, 0.1) is 48.1 Å². The Labute approximate surface area is 313 Å². The summed E-state index contributed by atoms with van der Waals surface area (Å²) >= 11 is 0. The molecule has 50 heavy (non-hydrogen) atoms. The maximum Gasteiger partial charge on any atom is 2.00 e. The van der Waals surface area contributed by atoms with Crippen LogP contribution < -0.4 is 9.97 Å². The van der Waals surface area contributed by atoms with Gasteiger partial charge in [-0.1, -0.05) is 59.8 Å². The van der Waals surface area contributed by atoms with Crippen LogP contribution in [0.3, 0.4) is 0 Å². The fourth-order valence-electron chi connectivity index (χ4n) is 6.18. The van der Waals surface area contributed by atoms with Crippen LogP contribution in [0.5, 0.6) is 0 Å². The average Bonchev–Trinajstić information content (AvgIpc) is 3.92. The summed E-state index contributed by atoms with van der Waals surface area (Å²) in [6, 6.07) is 12.2. The Balaban J connectivity index is 0.000000151. The van der Waals surface area contributed by atoms with E-state index < -0.39 is 0 Å². The van der Waals surface area contributed by atoms with Crippen molar-refractivity contribution in [1.82, 2.24) is 48.2 Å². The van der Waals surface area contributed by atoms with Crippen molar-refractivity contribution < 1.29 is 51.0 Å². The van der Waals surface area contributed by atoms with Crippen LogP contribution in [0, 0.1) is 12.4 Å². The molecule has 12 nitrogen and oxygen atoms in total. The third-order valence-corrected chi connectivity index (χ3v) is 8.51. The van der Waals surface area contributed by atoms with Gasteiger partial charge in [0.25, 0.3) is 0 Å². The molecule has 0 atom stereocenters. The molecule has 0 spiro atoms. The first-order valence-corrected chi connectivity index (χ1v) is 15.1. The molecule has 0 amide bonds. The smallest absolute Gasteiger partial charge is 0.654 e. The topological polar surface area (TPSA) is 126 Å². The van der Waals surface area contributed by atoms with Crippen molar-refractivity contribution in [2.75, 3.05) is 0 Å². The second-order valence-corrected chi connectivity index (χ2v) is 11.7. The molecule has 0 aliphatic heterocycles. The quantitative estimate of drug-likeness (QED) is 0.189. The van der Waals surface area contributed by atoms with Gasteiger partial charge in [0.15, 0.2) is 0 Å². The van der Waals surface area contributed by atoms with E-state index in [0.29, 0.717) is 23.2 Å². The number of hydrogen-bond acceptors (Lipinski definition) is 6. The van der Waals surface area contributed by atoms with E-state index >= 15 is 0 Å². The number of imidazole rings is 4. The third kappa shape index (κ3) is 5.30. The molecule has 0 saturated carbocycles. The summed E-state index contributed by atoms with van der Waals surface area (Å²) < 4.78 is 19.1. The van der Waals surface area contributed by atoms with Gasteiger partial charge in [-0.25, -0.2) is 9.97 Å². The predicted octanol–water partition coefficient (Wildman–Crippen LogP) is 6.28. The zero-order chi connectivity index (χ0) is 32.5. The zero-order valence-corrected chi connectivity index (χ0v) is 31.5. The van der Waals surface area contributed by atoms with Gasteiger partial charge in [0.1, 0.15) is 0 Å². The molecule has 0 bridgehead atoms. The summed E-state index contributed by atoms with van der Waals surface area (Å²) in [7, 11) is 7.74. The minimum absolute atomic E-state index is 0. The molecule has 2 aromatic carbocycles. The van der Waals surface area contributed by atoms with Gasteiger partial charge < -0.3 is 47.0 Å². The summed E-state index contributed by atoms with van der Waals surface area (Å²) in [5, 5.41) is 4.09. The molecule has 0 unspecified atom stereocenters. The number of aryl methyl sites for hydroxylation is 4. The molecular weight excluding hydrogens is 995 g/mol. The molecule has 0 aliphatic rings. The van der Waals surface area contributed by atoms with Crippen LogP contribution in [-0.4, -0.2) is 38.2 Å². The van der Waals surface area contributed by atoms with Gasteiger partial charge in [0.2, 0.25) is 0 Å². The second-order valence-electron chi connectivity index (χ2n) is 11.7. The molecule has 252 valence electrons. The molecule has 0 aliphatic carbocycles. The van der Waals surface area contributed by atoms with E-state index in [2.05, 4.69) is 44.5 Å². The monoisotopic (exact) mass is 1020 g/mol. The van der Waals surface area contributed by atoms with E-state index in [4.69, 9.17) is 18.8 Å². The number of benzene rings is 2. The fourth-order valence-corrected chi connectivity index (χ4v) is 6.18. The van der Waals surface area contributed by atoms with Gasteiger partial charge in [-0.15, -0.1) is 23.4 Å². The van der Waals surface area contributed by atoms with Crippen molar-refractivity contribution in [3.05, 3.63) is 98.8 Å². The van der Waals surface area contributed by atoms with E-state index in [9.17, 15) is 0 Å². The molecule has 0 saturated heterocycles. The molecular formula is C36H26N10O2Pt2. The van der Waals surface area contributed by atoms with Gasteiger partial charge in [-0.2, -0.15) is 0 Å². The summed E-state index contributed by atoms with van der Waals surface area (Å²) in [6.45, 7) is 0. The van der Waals surface area contributed by atoms with E-state index in [1.54, 1.807) is 37.6 Å². The normalized spacial score (nSPS) is 11.3. The van der Waals surface area contributed by atoms with Gasteiger partial charge in [-0.05, 0) is 36.0 Å². The molecule has 10 aromatic rings. The summed E-state index contributed by atoms with van der Waals surface area (Å²) in [5.74, 6) is 2.76. The van der Waals surface area contributed by atoms with Crippen molar-refractivity contribution in [1.29, 1.82) is 0 Å². The van der Waals surface area contributed by atoms with E-state index in [1.165, 1.54) is 0 Å². The Kier molecular flexibility index (Phi) is 8.62. The Bertz CT molecular complexity index is 2570. The van der Waals surface area contributed by atoms with Gasteiger partial charge in [0, 0.05) is 48.9 Å². The number of fused-ring (bicyclic) bond motifs is 6. The van der Waals surface area contributed by atoms with Crippen molar-refractivity contribution in [3.63, 3.8) is 0 Å². The van der Waals surface area contributed by atoms with Crippen LogP contribution >= 0.6 is 0 Å². The molecule has 10 rings (SSSR count). The Morgan fingerprint density at radius 3 is 1.38 bits per heavy atom. The Morgan fingerprint density at radius 2 is 1.02 bits per heavy atom. The van der Waals surface area contributed by atoms with Crippen molar-refractivity contribution >= 4 is 43.6 Å². The van der Waals surface area contributed by atoms with Crippen molar-refractivity contribution in [3.8, 4) is 45.7 Å². The number of aromatic nitrogens is 10. The second kappa shape index (κ2) is 12.9. The Hall–Kier alpha value is -5.18. The Morgan fingerprint density at radius 1 is 0.580 bits per heavy atom. The van der Waals surface area contributed by atoms with Crippen LogP contribution in [0.4, 0.5) is 0 Å². The molecule has 14 heteroatoms. The van der Waals surface area contributed by atoms with Crippen LogP contribution in [-0.2, 0) is 70.3 Å². The van der Waals surface area contributed by atoms with Crippen LogP contribution in [0.15, 0.2) is 95.2 Å². The van der Waals surface area contributed by atoms with Crippen molar-refractivity contribution in [2.24, 2.45) is 28.2 Å². The molecule has 0 N–H and O–H groups in total. The molecule has 0 fully saturated rings. The maximum atomic E-state index is 5.75. The van der Waals surface area contributed by atoms with E-state index in [0.717, 1.165) is 66.1 Å². The van der Waals surface area contributed by atoms with Crippen LogP contribution in [0.2, 0.25) is 0 Å². The van der Waals surface area contributed by atoms with E-state index in [-0.39, 0.29) is 42.1 Å². The largest absolute Gasteiger partial charge is 2.00 e.